The first-order valence-corrected chi connectivity index (χ1v) is 14.4. The molecule has 0 bridgehead atoms. The molecule has 1 aliphatic carbocycles. The van der Waals surface area contributed by atoms with Gasteiger partial charge in [-0.05, 0) is 69.2 Å². The molecule has 2 aliphatic rings. The number of phenolic OH excluding ortho intramolecular Hbond substituents is 1. The smallest absolute Gasteiger partial charge is 0.507 e. The fourth-order valence-corrected chi connectivity index (χ4v) is 5.70. The molecule has 2 unspecified atom stereocenters. The van der Waals surface area contributed by atoms with E-state index in [1.165, 1.54) is 0 Å². The Labute approximate surface area is 248 Å². The SMILES string of the molecule is C=C(C)C1CCC(C)=CC1c1c(O)cc(CCCCC)cc1OC(=O)OC[C@H]1O[C@@H](n2ccc(N)nc2=O)C(F)(F)[C@H]1O. The number of carbonyl (C=O) groups is 1. The van der Waals surface area contributed by atoms with Gasteiger partial charge in [0.2, 0.25) is 6.23 Å². The molecule has 234 valence electrons. The van der Waals surface area contributed by atoms with Crippen LogP contribution in [0.3, 0.4) is 0 Å². The summed E-state index contributed by atoms with van der Waals surface area (Å²) in [5.41, 5.74) is 7.56. The van der Waals surface area contributed by atoms with Gasteiger partial charge in [-0.25, -0.2) is 9.59 Å². The predicted molar refractivity (Wildman–Crippen MR) is 155 cm³/mol. The summed E-state index contributed by atoms with van der Waals surface area (Å²) < 4.78 is 46.3. The topological polar surface area (TPSA) is 146 Å². The summed E-state index contributed by atoms with van der Waals surface area (Å²) in [6.45, 7) is 9.32. The summed E-state index contributed by atoms with van der Waals surface area (Å²) in [7, 11) is 0. The van der Waals surface area contributed by atoms with E-state index < -0.39 is 42.8 Å². The average molecular weight is 604 g/mol. The van der Waals surface area contributed by atoms with Crippen LogP contribution in [-0.2, 0) is 15.9 Å². The number of halogens is 2. The van der Waals surface area contributed by atoms with E-state index in [1.807, 2.05) is 19.9 Å². The molecule has 12 heteroatoms. The van der Waals surface area contributed by atoms with E-state index >= 15 is 0 Å². The van der Waals surface area contributed by atoms with Crippen molar-refractivity contribution in [1.82, 2.24) is 9.55 Å². The molecule has 1 saturated heterocycles. The van der Waals surface area contributed by atoms with Gasteiger partial charge in [-0.3, -0.25) is 4.57 Å². The highest BCUT2D eigenvalue weighted by Crippen LogP contribution is 2.47. The Morgan fingerprint density at radius 1 is 1.33 bits per heavy atom. The summed E-state index contributed by atoms with van der Waals surface area (Å²) in [5, 5.41) is 21.5. The van der Waals surface area contributed by atoms with Gasteiger partial charge >= 0.3 is 17.8 Å². The van der Waals surface area contributed by atoms with Crippen LogP contribution < -0.4 is 16.2 Å². The fourth-order valence-electron chi connectivity index (χ4n) is 5.70. The first kappa shape index (κ1) is 32.2. The van der Waals surface area contributed by atoms with E-state index in [9.17, 15) is 28.6 Å². The number of unbranched alkanes of at least 4 members (excludes halogenated alkanes) is 2. The van der Waals surface area contributed by atoms with Crippen molar-refractivity contribution in [1.29, 1.82) is 0 Å². The van der Waals surface area contributed by atoms with Gasteiger partial charge < -0.3 is 30.2 Å². The standard InChI is InChI=1S/C31H39F2N3O7/c1-5-6-7-8-19-14-22(37)26(21-13-18(4)9-10-20(21)17(2)3)23(15-19)43-30(40)41-16-24-27(38)31(32,33)28(42-24)36-12-11-25(34)35-29(36)39/h11-15,20-21,24,27-28,37-38H,2,5-10,16H2,1,3-4H3,(H2,34,35,39)/t20?,21?,24-,27+,28-/m1/s1. The number of aliphatic hydroxyl groups excluding tert-OH is 1. The number of allylic oxidation sites excluding steroid dienone is 3. The fraction of sp³-hybridized carbons (Fsp3) is 0.516. The Morgan fingerprint density at radius 3 is 2.74 bits per heavy atom. The van der Waals surface area contributed by atoms with Crippen LogP contribution in [-0.4, -0.2) is 50.7 Å². The number of aromatic nitrogens is 2. The number of aryl methyl sites for hydroxylation is 1. The minimum absolute atomic E-state index is 0.00801. The van der Waals surface area contributed by atoms with E-state index in [0.29, 0.717) is 16.6 Å². The van der Waals surface area contributed by atoms with Gasteiger partial charge in [0.05, 0.1) is 0 Å². The molecule has 0 spiro atoms. The highest BCUT2D eigenvalue weighted by molar-refractivity contribution is 5.66. The number of phenols is 1. The third-order valence-electron chi connectivity index (χ3n) is 8.00. The number of ether oxygens (including phenoxy) is 3. The minimum atomic E-state index is -3.91. The Bertz CT molecular complexity index is 1440. The molecular formula is C31H39F2N3O7. The van der Waals surface area contributed by atoms with E-state index in [4.69, 9.17) is 19.9 Å². The van der Waals surface area contributed by atoms with Crippen LogP contribution in [0.1, 0.15) is 76.1 Å². The van der Waals surface area contributed by atoms with Crippen molar-refractivity contribution in [3.05, 3.63) is 69.8 Å². The monoisotopic (exact) mass is 603 g/mol. The van der Waals surface area contributed by atoms with Crippen LogP contribution >= 0.6 is 0 Å². The van der Waals surface area contributed by atoms with Crippen molar-refractivity contribution in [2.24, 2.45) is 5.92 Å². The Kier molecular flexibility index (Phi) is 9.91. The van der Waals surface area contributed by atoms with Gasteiger partial charge in [-0.2, -0.15) is 13.8 Å². The van der Waals surface area contributed by atoms with Gasteiger partial charge in [-0.1, -0.05) is 43.6 Å². The van der Waals surface area contributed by atoms with Crippen molar-refractivity contribution < 1.29 is 38.0 Å². The van der Waals surface area contributed by atoms with E-state index in [0.717, 1.165) is 61.1 Å². The Balaban J connectivity index is 1.56. The lowest BCUT2D eigenvalue weighted by Gasteiger charge is -2.32. The lowest BCUT2D eigenvalue weighted by Crippen LogP contribution is -2.42. The van der Waals surface area contributed by atoms with Gasteiger partial charge in [0.1, 0.15) is 30.0 Å². The molecule has 0 saturated carbocycles. The number of nitrogens with two attached hydrogens (primary N) is 1. The molecule has 4 N–H and O–H groups in total. The van der Waals surface area contributed by atoms with Crippen LogP contribution in [0.15, 0.2) is 53.0 Å². The van der Waals surface area contributed by atoms with Gasteiger partial charge in [0.15, 0.2) is 6.10 Å². The first-order valence-electron chi connectivity index (χ1n) is 14.4. The number of nitrogens with zero attached hydrogens (tertiary/aromatic N) is 2. The summed E-state index contributed by atoms with van der Waals surface area (Å²) in [6.07, 6.45) is 0.689. The van der Waals surface area contributed by atoms with Crippen molar-refractivity contribution in [3.8, 4) is 11.5 Å². The molecule has 1 aromatic heterocycles. The van der Waals surface area contributed by atoms with Gasteiger partial charge in [0.25, 0.3) is 0 Å². The van der Waals surface area contributed by atoms with Crippen LogP contribution in [0.25, 0.3) is 0 Å². The number of aliphatic hydroxyl groups is 1. The maximum Gasteiger partial charge on any atom is 0.513 e. The summed E-state index contributed by atoms with van der Waals surface area (Å²) in [6, 6.07) is 4.50. The van der Waals surface area contributed by atoms with E-state index in [2.05, 4.69) is 18.5 Å². The first-order chi connectivity index (χ1) is 20.3. The van der Waals surface area contributed by atoms with Crippen LogP contribution in [0.2, 0.25) is 0 Å². The Morgan fingerprint density at radius 2 is 2.07 bits per heavy atom. The van der Waals surface area contributed by atoms with Crippen LogP contribution in [0.5, 0.6) is 11.5 Å². The number of hydrogen-bond acceptors (Lipinski definition) is 9. The summed E-state index contributed by atoms with van der Waals surface area (Å²) in [4.78, 5) is 28.5. The highest BCUT2D eigenvalue weighted by atomic mass is 19.3. The van der Waals surface area contributed by atoms with Gasteiger partial charge in [-0.15, -0.1) is 0 Å². The van der Waals surface area contributed by atoms with Crippen LogP contribution in [0.4, 0.5) is 19.4 Å². The number of rotatable bonds is 10. The molecule has 5 atom stereocenters. The molecular weight excluding hydrogens is 564 g/mol. The summed E-state index contributed by atoms with van der Waals surface area (Å²) in [5.74, 6) is -4.34. The number of nitrogen functional groups attached to an aromatic ring is 1. The largest absolute Gasteiger partial charge is 0.513 e. The lowest BCUT2D eigenvalue weighted by molar-refractivity contribution is -0.141. The molecule has 4 rings (SSSR count). The zero-order chi connectivity index (χ0) is 31.5. The number of alkyl halides is 2. The molecule has 1 fully saturated rings. The second kappa shape index (κ2) is 13.3. The van der Waals surface area contributed by atoms with Crippen molar-refractivity contribution in [3.63, 3.8) is 0 Å². The second-order valence-electron chi connectivity index (χ2n) is 11.4. The van der Waals surface area contributed by atoms with Gasteiger partial charge in [0, 0.05) is 17.7 Å². The normalized spacial score (nSPS) is 24.8. The van der Waals surface area contributed by atoms with Crippen molar-refractivity contribution in [2.75, 3.05) is 12.3 Å². The molecule has 0 amide bonds. The van der Waals surface area contributed by atoms with Crippen molar-refractivity contribution in [2.45, 2.75) is 89.6 Å². The quantitative estimate of drug-likeness (QED) is 0.141. The minimum Gasteiger partial charge on any atom is -0.507 e. The third kappa shape index (κ3) is 7.07. The predicted octanol–water partition coefficient (Wildman–Crippen LogP) is 5.39. The third-order valence-corrected chi connectivity index (χ3v) is 8.00. The zero-order valence-corrected chi connectivity index (χ0v) is 24.6. The molecule has 1 aromatic carbocycles. The highest BCUT2D eigenvalue weighted by Gasteiger charge is 2.60. The number of aromatic hydroxyl groups is 1. The number of anilines is 1. The van der Waals surface area contributed by atoms with Crippen LogP contribution in [0, 0.1) is 5.92 Å². The Hall–Kier alpha value is -3.77. The molecule has 10 nitrogen and oxygen atoms in total. The number of benzene rings is 1. The number of carbonyl (C=O) groups excluding carboxylic acids is 1. The summed E-state index contributed by atoms with van der Waals surface area (Å²) >= 11 is 0. The van der Waals surface area contributed by atoms with Crippen molar-refractivity contribution >= 4 is 12.0 Å². The maximum atomic E-state index is 14.9. The molecule has 2 heterocycles. The molecule has 0 radical (unpaired) electrons. The zero-order valence-electron chi connectivity index (χ0n) is 24.6. The van der Waals surface area contributed by atoms with E-state index in [-0.39, 0.29) is 29.2 Å². The van der Waals surface area contributed by atoms with E-state index in [1.54, 1.807) is 12.1 Å². The average Bonchev–Trinajstić information content (AvgIpc) is 3.15. The lowest BCUT2D eigenvalue weighted by atomic mass is 9.73. The molecule has 2 aromatic rings. The molecule has 1 aliphatic heterocycles. The molecule has 43 heavy (non-hydrogen) atoms. The maximum absolute atomic E-state index is 14.9. The second-order valence-corrected chi connectivity index (χ2v) is 11.4. The number of hydrogen-bond donors (Lipinski definition) is 3.